The summed E-state index contributed by atoms with van der Waals surface area (Å²) in [6.07, 6.45) is 24.9. The van der Waals surface area contributed by atoms with E-state index < -0.39 is 0 Å². The Morgan fingerprint density at radius 3 is 1.79 bits per heavy atom. The van der Waals surface area contributed by atoms with Crippen LogP contribution in [0.15, 0.2) is 211 Å². The van der Waals surface area contributed by atoms with E-state index in [2.05, 4.69) is 204 Å². The van der Waals surface area contributed by atoms with Crippen molar-refractivity contribution < 1.29 is 0 Å². The molecular formula is C54H44N2. The molecule has 0 N–H and O–H groups in total. The summed E-state index contributed by atoms with van der Waals surface area (Å²) >= 11 is 0. The van der Waals surface area contributed by atoms with Crippen LogP contribution in [0.2, 0.25) is 0 Å². The lowest BCUT2D eigenvalue weighted by atomic mass is 9.91. The van der Waals surface area contributed by atoms with Crippen LogP contribution in [0.3, 0.4) is 0 Å². The van der Waals surface area contributed by atoms with Crippen LogP contribution in [0.1, 0.15) is 44.1 Å². The smallest absolute Gasteiger partial charge is 0.0541 e. The Hall–Kier alpha value is -6.64. The minimum Gasteiger partial charge on any atom is -0.314 e. The second-order valence-corrected chi connectivity index (χ2v) is 15.1. The summed E-state index contributed by atoms with van der Waals surface area (Å²) in [6.45, 7) is 0. The highest BCUT2D eigenvalue weighted by molar-refractivity contribution is 6.10. The lowest BCUT2D eigenvalue weighted by Gasteiger charge is -2.30. The third kappa shape index (κ3) is 6.48. The number of hydrogen-bond donors (Lipinski definition) is 0. The number of rotatable bonds is 8. The Labute approximate surface area is 330 Å². The van der Waals surface area contributed by atoms with Crippen LogP contribution in [-0.4, -0.2) is 4.57 Å². The fourth-order valence-corrected chi connectivity index (χ4v) is 8.72. The van der Waals surface area contributed by atoms with Gasteiger partial charge in [-0.25, -0.2) is 0 Å². The molecule has 0 atom stereocenters. The highest BCUT2D eigenvalue weighted by Crippen LogP contribution is 2.39. The van der Waals surface area contributed by atoms with Crippen molar-refractivity contribution in [1.82, 2.24) is 4.57 Å². The minimum atomic E-state index is 0.997. The maximum Gasteiger partial charge on any atom is 0.0541 e. The van der Waals surface area contributed by atoms with E-state index in [9.17, 15) is 0 Å². The first-order chi connectivity index (χ1) is 27.8. The third-order valence-electron chi connectivity index (χ3n) is 11.7. The van der Waals surface area contributed by atoms with Crippen LogP contribution in [0.5, 0.6) is 0 Å². The average Bonchev–Trinajstić information content (AvgIpc) is 3.62. The zero-order valence-corrected chi connectivity index (χ0v) is 31.6. The van der Waals surface area contributed by atoms with Crippen molar-refractivity contribution in [1.29, 1.82) is 0 Å². The molecule has 2 nitrogen and oxygen atoms in total. The van der Waals surface area contributed by atoms with Crippen LogP contribution >= 0.6 is 0 Å². The van der Waals surface area contributed by atoms with E-state index in [0.29, 0.717) is 0 Å². The number of hydrogen-bond acceptors (Lipinski definition) is 1. The molecule has 0 saturated heterocycles. The van der Waals surface area contributed by atoms with Gasteiger partial charge in [0.25, 0.3) is 0 Å². The van der Waals surface area contributed by atoms with Gasteiger partial charge in [0.05, 0.1) is 11.0 Å². The number of benzene rings is 6. The number of anilines is 2. The predicted octanol–water partition coefficient (Wildman–Crippen LogP) is 14.9. The molecule has 1 aromatic heterocycles. The van der Waals surface area contributed by atoms with E-state index >= 15 is 0 Å². The molecule has 2 heteroatoms. The molecule has 0 aliphatic heterocycles. The van der Waals surface area contributed by atoms with Gasteiger partial charge >= 0.3 is 0 Å². The summed E-state index contributed by atoms with van der Waals surface area (Å²) in [7, 11) is 0. The second kappa shape index (κ2) is 14.9. The summed E-state index contributed by atoms with van der Waals surface area (Å²) in [4.78, 5) is 2.45. The first-order valence-corrected chi connectivity index (χ1v) is 20.1. The molecule has 0 bridgehead atoms. The highest BCUT2D eigenvalue weighted by Gasteiger charge is 2.20. The van der Waals surface area contributed by atoms with E-state index in [4.69, 9.17) is 0 Å². The van der Waals surface area contributed by atoms with Gasteiger partial charge in [-0.15, -0.1) is 0 Å². The zero-order chi connectivity index (χ0) is 37.3. The SMILES string of the molecule is C1=CCCC(c2ccc(N(C3=CC=C(C4=CCCC=C4)CC3)c3ccc(-c4ccc(-c5ccc6c(c5)c5ccccc5n6-c5ccccc5)cc4)cc3)cc2)=C1. The summed E-state index contributed by atoms with van der Waals surface area (Å²) < 4.78 is 2.37. The van der Waals surface area contributed by atoms with Crippen LogP contribution in [0.25, 0.3) is 55.3 Å². The number of aromatic nitrogens is 1. The Balaban J connectivity index is 0.948. The van der Waals surface area contributed by atoms with Crippen LogP contribution in [0, 0.1) is 0 Å². The van der Waals surface area contributed by atoms with Gasteiger partial charge in [0.2, 0.25) is 0 Å². The highest BCUT2D eigenvalue weighted by atomic mass is 15.1. The van der Waals surface area contributed by atoms with Crippen molar-refractivity contribution >= 4 is 38.8 Å². The number of fused-ring (bicyclic) bond motifs is 3. The quantitative estimate of drug-likeness (QED) is 0.152. The summed E-state index contributed by atoms with van der Waals surface area (Å²) in [5, 5.41) is 2.54. The minimum absolute atomic E-state index is 0.997. The fourth-order valence-electron chi connectivity index (χ4n) is 8.72. The molecule has 0 amide bonds. The van der Waals surface area contributed by atoms with Gasteiger partial charge in [0.1, 0.15) is 0 Å². The van der Waals surface area contributed by atoms with Gasteiger partial charge in [0.15, 0.2) is 0 Å². The molecule has 1 heterocycles. The zero-order valence-electron chi connectivity index (χ0n) is 31.6. The van der Waals surface area contributed by atoms with E-state index in [0.717, 1.165) is 38.5 Å². The van der Waals surface area contributed by atoms with Crippen molar-refractivity contribution in [3.8, 4) is 27.9 Å². The van der Waals surface area contributed by atoms with Gasteiger partial charge < -0.3 is 9.47 Å². The molecular weight excluding hydrogens is 677 g/mol. The maximum atomic E-state index is 2.45. The third-order valence-corrected chi connectivity index (χ3v) is 11.7. The molecule has 0 spiro atoms. The van der Waals surface area contributed by atoms with Crippen molar-refractivity contribution in [3.05, 3.63) is 217 Å². The Bertz CT molecular complexity index is 2750. The van der Waals surface area contributed by atoms with Crippen molar-refractivity contribution in [2.24, 2.45) is 0 Å². The number of allylic oxidation sites excluding steroid dienone is 12. The topological polar surface area (TPSA) is 8.17 Å². The van der Waals surface area contributed by atoms with Crippen molar-refractivity contribution in [2.75, 3.05) is 4.90 Å². The predicted molar refractivity (Wildman–Crippen MR) is 238 cm³/mol. The van der Waals surface area contributed by atoms with Crippen molar-refractivity contribution in [2.45, 2.75) is 38.5 Å². The molecule has 56 heavy (non-hydrogen) atoms. The first kappa shape index (κ1) is 33.9. The van der Waals surface area contributed by atoms with E-state index in [1.807, 2.05) is 0 Å². The van der Waals surface area contributed by atoms with Gasteiger partial charge in [-0.1, -0.05) is 134 Å². The fraction of sp³-hybridized carbons (Fsp3) is 0.111. The molecule has 270 valence electrons. The Morgan fingerprint density at radius 1 is 0.446 bits per heavy atom. The Kier molecular flexibility index (Phi) is 9.01. The standard InChI is InChI=1S/C54H44N2/c1-4-12-39(13-5-1)42-24-31-48(32-25-42)55(49-33-26-43(27-34-49)40-14-6-2-7-15-40)50-35-28-44(29-36-50)41-20-22-45(23-21-41)46-30-37-54-52(38-46)51-18-10-11-19-53(51)56(54)47-16-8-3-9-17-47/h1,3-4,6,8-12,14-26,28-33,35-38H,2,5,7,13,27,34H2. The van der Waals surface area contributed by atoms with Gasteiger partial charge in [-0.3, -0.25) is 0 Å². The van der Waals surface area contributed by atoms with Gasteiger partial charge in [0, 0.05) is 33.5 Å². The average molecular weight is 721 g/mol. The monoisotopic (exact) mass is 720 g/mol. The molecule has 6 aromatic carbocycles. The second-order valence-electron chi connectivity index (χ2n) is 15.1. The summed E-state index contributed by atoms with van der Waals surface area (Å²) in [5.41, 5.74) is 17.8. The maximum absolute atomic E-state index is 2.45. The molecule has 0 fully saturated rings. The van der Waals surface area contributed by atoms with E-state index in [-0.39, 0.29) is 0 Å². The van der Waals surface area contributed by atoms with E-state index in [1.165, 1.54) is 89.1 Å². The summed E-state index contributed by atoms with van der Waals surface area (Å²) in [6, 6.07) is 53.6. The lowest BCUT2D eigenvalue weighted by Crippen LogP contribution is -2.18. The molecule has 10 rings (SSSR count). The summed E-state index contributed by atoms with van der Waals surface area (Å²) in [5.74, 6) is 0. The normalized spacial score (nSPS) is 15.4. The molecule has 0 radical (unpaired) electrons. The first-order valence-electron chi connectivity index (χ1n) is 20.1. The number of para-hydroxylation sites is 2. The molecule has 7 aromatic rings. The van der Waals surface area contributed by atoms with Gasteiger partial charge in [-0.05, 0) is 144 Å². The molecule has 0 unspecified atom stereocenters. The van der Waals surface area contributed by atoms with Crippen LogP contribution in [-0.2, 0) is 0 Å². The van der Waals surface area contributed by atoms with Gasteiger partial charge in [-0.2, -0.15) is 0 Å². The molecule has 0 saturated carbocycles. The van der Waals surface area contributed by atoms with Crippen molar-refractivity contribution in [3.63, 3.8) is 0 Å². The molecule has 3 aliphatic carbocycles. The lowest BCUT2D eigenvalue weighted by molar-refractivity contribution is 0.878. The number of nitrogens with zero attached hydrogens (tertiary/aromatic N) is 2. The van der Waals surface area contributed by atoms with Crippen LogP contribution < -0.4 is 4.90 Å². The largest absolute Gasteiger partial charge is 0.314 e. The van der Waals surface area contributed by atoms with Crippen LogP contribution in [0.4, 0.5) is 11.4 Å². The Morgan fingerprint density at radius 2 is 1.11 bits per heavy atom. The van der Waals surface area contributed by atoms with E-state index in [1.54, 1.807) is 0 Å². The molecule has 3 aliphatic rings.